The van der Waals surface area contributed by atoms with Gasteiger partial charge in [-0.15, -0.1) is 0 Å². The highest BCUT2D eigenvalue weighted by atomic mass is 35.5. The van der Waals surface area contributed by atoms with Crippen LogP contribution >= 0.6 is 42.6 Å². The molecule has 1 atom stereocenters. The molecule has 17 heteroatoms. The Hall–Kier alpha value is -2.38. The van der Waals surface area contributed by atoms with Crippen LogP contribution in [0, 0.1) is 0 Å². The topological polar surface area (TPSA) is 132 Å². The van der Waals surface area contributed by atoms with Crippen LogP contribution in [0.4, 0.5) is 13.2 Å². The van der Waals surface area contributed by atoms with Gasteiger partial charge in [0.15, 0.2) is 5.65 Å². The molecule has 0 radical (unpaired) electrons. The second-order valence-electron chi connectivity index (χ2n) is 7.33. The van der Waals surface area contributed by atoms with Crippen LogP contribution in [0.25, 0.3) is 28.6 Å². The number of nitrogens with zero attached hydrogens (tertiary/aromatic N) is 4. The molecule has 0 aliphatic rings. The van der Waals surface area contributed by atoms with Gasteiger partial charge in [0, 0.05) is 24.0 Å². The Morgan fingerprint density at radius 2 is 1.83 bits per heavy atom. The molecule has 3 heterocycles. The highest BCUT2D eigenvalue weighted by molar-refractivity contribution is 7.46. The van der Waals surface area contributed by atoms with E-state index in [1.54, 1.807) is 0 Å². The lowest BCUT2D eigenvalue weighted by molar-refractivity contribution is -0.137. The van der Waals surface area contributed by atoms with Gasteiger partial charge in [-0.05, 0) is 19.1 Å². The molecule has 0 saturated carbocycles. The van der Waals surface area contributed by atoms with E-state index < -0.39 is 25.7 Å². The van der Waals surface area contributed by atoms with Crippen molar-refractivity contribution < 1.29 is 41.3 Å². The Morgan fingerprint density at radius 3 is 2.50 bits per heavy atom. The fourth-order valence-electron chi connectivity index (χ4n) is 3.03. The van der Waals surface area contributed by atoms with Gasteiger partial charge in [0.1, 0.15) is 24.2 Å². The number of halogens is 6. The SMILES string of the molecule is C[C@@H](COc1cc(Cl)c(-c2noc(-c3cn4cc(C(F)(F)F)cc(Cl)c4n3)n2)cc1Cl)OP(=O)(O)O. The first kappa shape index (κ1) is 26.7. The molecule has 0 spiro atoms. The molecule has 10 nitrogen and oxygen atoms in total. The smallest absolute Gasteiger partial charge is 0.469 e. The number of phosphoric ester groups is 1. The Bertz CT molecular complexity index is 1490. The van der Waals surface area contributed by atoms with Crippen LogP contribution in [-0.2, 0) is 15.3 Å². The summed E-state index contributed by atoms with van der Waals surface area (Å²) >= 11 is 18.5. The molecule has 1 aromatic carbocycles. The molecule has 0 saturated heterocycles. The summed E-state index contributed by atoms with van der Waals surface area (Å²) in [6.45, 7) is 1.15. The summed E-state index contributed by atoms with van der Waals surface area (Å²) in [7, 11) is -4.69. The van der Waals surface area contributed by atoms with Gasteiger partial charge in [0.05, 0.1) is 20.6 Å². The zero-order valence-electron chi connectivity index (χ0n) is 17.7. The summed E-state index contributed by atoms with van der Waals surface area (Å²) in [6, 6.07) is 3.47. The maximum atomic E-state index is 13.1. The zero-order chi connectivity index (χ0) is 26.4. The summed E-state index contributed by atoms with van der Waals surface area (Å²) in [5.41, 5.74) is -0.596. The predicted octanol–water partition coefficient (Wildman–Crippen LogP) is 5.91. The lowest BCUT2D eigenvalue weighted by Crippen LogP contribution is -2.17. The molecule has 36 heavy (non-hydrogen) atoms. The van der Waals surface area contributed by atoms with Crippen LogP contribution in [0.1, 0.15) is 12.5 Å². The van der Waals surface area contributed by atoms with Crippen LogP contribution < -0.4 is 4.74 Å². The van der Waals surface area contributed by atoms with Gasteiger partial charge in [-0.3, -0.25) is 4.52 Å². The van der Waals surface area contributed by atoms with Crippen molar-refractivity contribution in [1.29, 1.82) is 0 Å². The molecular weight excluding hydrogens is 575 g/mol. The van der Waals surface area contributed by atoms with Crippen LogP contribution in [0.2, 0.25) is 15.1 Å². The average molecular weight is 588 g/mol. The first-order valence-corrected chi connectivity index (χ1v) is 12.3. The van der Waals surface area contributed by atoms with Gasteiger partial charge in [-0.25, -0.2) is 9.55 Å². The molecule has 0 amide bonds. The Balaban J connectivity index is 1.58. The summed E-state index contributed by atoms with van der Waals surface area (Å²) in [6.07, 6.45) is -3.47. The van der Waals surface area contributed by atoms with Gasteiger partial charge in [0.2, 0.25) is 5.82 Å². The number of aromatic nitrogens is 4. The van der Waals surface area contributed by atoms with Crippen molar-refractivity contribution >= 4 is 48.3 Å². The highest BCUT2D eigenvalue weighted by Gasteiger charge is 2.32. The molecule has 3 aromatic heterocycles. The van der Waals surface area contributed by atoms with Crippen molar-refractivity contribution in [2.24, 2.45) is 0 Å². The number of ether oxygens (including phenoxy) is 1. The lowest BCUT2D eigenvalue weighted by Gasteiger charge is -2.15. The van der Waals surface area contributed by atoms with E-state index in [9.17, 15) is 17.7 Å². The summed E-state index contributed by atoms with van der Waals surface area (Å²) < 4.78 is 66.3. The number of pyridine rings is 1. The van der Waals surface area contributed by atoms with Crippen molar-refractivity contribution in [3.05, 3.63) is 51.2 Å². The fourth-order valence-corrected chi connectivity index (χ4v) is 4.28. The van der Waals surface area contributed by atoms with Gasteiger partial charge in [-0.1, -0.05) is 40.0 Å². The van der Waals surface area contributed by atoms with E-state index >= 15 is 0 Å². The summed E-state index contributed by atoms with van der Waals surface area (Å²) in [4.78, 5) is 26.0. The maximum Gasteiger partial charge on any atom is 0.469 e. The molecule has 0 bridgehead atoms. The molecule has 2 N–H and O–H groups in total. The number of phosphoric acid groups is 1. The van der Waals surface area contributed by atoms with Crippen LogP contribution in [0.15, 0.2) is 35.1 Å². The minimum Gasteiger partial charge on any atom is -0.489 e. The number of imidazole rings is 1. The van der Waals surface area contributed by atoms with Crippen molar-refractivity contribution in [2.45, 2.75) is 19.2 Å². The van der Waals surface area contributed by atoms with Crippen LogP contribution in [-0.4, -0.2) is 42.0 Å². The van der Waals surface area contributed by atoms with Crippen molar-refractivity contribution in [2.75, 3.05) is 6.61 Å². The maximum absolute atomic E-state index is 13.1. The predicted molar refractivity (Wildman–Crippen MR) is 122 cm³/mol. The Kier molecular flexibility index (Phi) is 7.28. The van der Waals surface area contributed by atoms with E-state index in [0.29, 0.717) is 0 Å². The number of hydrogen-bond acceptors (Lipinski definition) is 7. The van der Waals surface area contributed by atoms with Crippen molar-refractivity contribution in [1.82, 2.24) is 19.5 Å². The van der Waals surface area contributed by atoms with Gasteiger partial charge < -0.3 is 23.4 Å². The molecule has 0 aliphatic heterocycles. The van der Waals surface area contributed by atoms with Gasteiger partial charge in [0.25, 0.3) is 5.89 Å². The first-order chi connectivity index (χ1) is 16.7. The minimum absolute atomic E-state index is 0.000726. The minimum atomic E-state index is -4.69. The second kappa shape index (κ2) is 9.82. The molecular formula is C19H13Cl3F3N4O6P. The van der Waals surface area contributed by atoms with E-state index in [1.807, 2.05) is 0 Å². The number of fused-ring (bicyclic) bond motifs is 1. The quantitative estimate of drug-likeness (QED) is 0.253. The monoisotopic (exact) mass is 586 g/mol. The van der Waals surface area contributed by atoms with E-state index in [0.717, 1.165) is 16.7 Å². The third-order valence-corrected chi connectivity index (χ3v) is 6.05. The molecule has 0 aliphatic carbocycles. The van der Waals surface area contributed by atoms with Crippen molar-refractivity contribution in [3.8, 4) is 28.7 Å². The standard InChI is InChI=1S/C19H13Cl3F3N4O6P/c1-8(35-36(30,31)32)7-33-15-4-11(20)10(3-12(15)21)16-27-18(34-28-16)14-6-29-5-9(19(23,24)25)2-13(22)17(29)26-14/h2-6,8H,7H2,1H3,(H2,30,31,32)/t8-/m0/s1. The molecule has 0 unspecified atom stereocenters. The van der Waals surface area contributed by atoms with Crippen LogP contribution in [0.5, 0.6) is 5.75 Å². The third kappa shape index (κ3) is 5.94. The normalized spacial score (nSPS) is 13.4. The first-order valence-electron chi connectivity index (χ1n) is 9.67. The second-order valence-corrected chi connectivity index (χ2v) is 9.75. The lowest BCUT2D eigenvalue weighted by atomic mass is 10.2. The summed E-state index contributed by atoms with van der Waals surface area (Å²) in [5.74, 6) is -0.0132. The van der Waals surface area contributed by atoms with E-state index in [4.69, 9.17) is 53.8 Å². The molecule has 192 valence electrons. The Morgan fingerprint density at radius 1 is 1.11 bits per heavy atom. The van der Waals surface area contributed by atoms with Gasteiger partial charge in [-0.2, -0.15) is 18.2 Å². The molecule has 4 rings (SSSR count). The van der Waals surface area contributed by atoms with Crippen molar-refractivity contribution in [3.63, 3.8) is 0 Å². The van der Waals surface area contributed by atoms with E-state index in [-0.39, 0.29) is 56.0 Å². The van der Waals surface area contributed by atoms with E-state index in [2.05, 4.69) is 19.6 Å². The zero-order valence-corrected chi connectivity index (χ0v) is 20.9. The number of benzene rings is 1. The van der Waals surface area contributed by atoms with E-state index in [1.165, 1.54) is 25.3 Å². The van der Waals surface area contributed by atoms with Crippen LogP contribution in [0.3, 0.4) is 0 Å². The summed E-state index contributed by atoms with van der Waals surface area (Å²) in [5, 5.41) is 3.77. The third-order valence-electron chi connectivity index (χ3n) is 4.53. The molecule has 0 fully saturated rings. The Labute approximate surface area is 214 Å². The number of alkyl halides is 3. The highest BCUT2D eigenvalue weighted by Crippen LogP contribution is 2.39. The molecule has 4 aromatic rings. The number of hydrogen-bond donors (Lipinski definition) is 2. The average Bonchev–Trinajstić information content (AvgIpc) is 3.39. The fraction of sp³-hybridized carbons (Fsp3) is 0.211. The largest absolute Gasteiger partial charge is 0.489 e. The number of rotatable bonds is 7. The van der Waals surface area contributed by atoms with Gasteiger partial charge >= 0.3 is 14.0 Å².